The number of benzene rings is 1. The molecule has 2 heterocycles. The number of fused-ring (bicyclic) bond motifs is 1. The van der Waals surface area contributed by atoms with Gasteiger partial charge in [0.2, 0.25) is 0 Å². The molecular weight excluding hydrogens is 354 g/mol. The van der Waals surface area contributed by atoms with E-state index in [1.165, 1.54) is 6.42 Å². The molecule has 7 nitrogen and oxygen atoms in total. The van der Waals surface area contributed by atoms with Crippen LogP contribution in [0.25, 0.3) is 0 Å². The number of aromatic nitrogens is 3. The number of carbonyl (C=O) groups is 1. The molecule has 3 rings (SSSR count). The normalized spacial score (nSPS) is 15.7. The van der Waals surface area contributed by atoms with Gasteiger partial charge in [0.1, 0.15) is 11.6 Å². The summed E-state index contributed by atoms with van der Waals surface area (Å²) in [4.78, 5) is 14.8. The van der Waals surface area contributed by atoms with Crippen LogP contribution in [0, 0.1) is 5.92 Å². The van der Waals surface area contributed by atoms with Crippen molar-refractivity contribution in [2.24, 2.45) is 5.92 Å². The molecule has 152 valence electrons. The first-order chi connectivity index (χ1) is 13.5. The van der Waals surface area contributed by atoms with E-state index in [4.69, 9.17) is 4.74 Å². The lowest BCUT2D eigenvalue weighted by Gasteiger charge is -2.21. The van der Waals surface area contributed by atoms with E-state index >= 15 is 0 Å². The van der Waals surface area contributed by atoms with Gasteiger partial charge in [-0.3, -0.25) is 4.79 Å². The number of amides is 1. The third kappa shape index (κ3) is 5.55. The van der Waals surface area contributed by atoms with E-state index in [2.05, 4.69) is 38.8 Å². The third-order valence-corrected chi connectivity index (χ3v) is 5.05. The summed E-state index contributed by atoms with van der Waals surface area (Å²) in [5.41, 5.74) is 0. The molecule has 0 bridgehead atoms. The molecule has 0 saturated heterocycles. The zero-order valence-electron chi connectivity index (χ0n) is 17.1. The Morgan fingerprint density at radius 3 is 2.68 bits per heavy atom. The molecule has 0 radical (unpaired) electrons. The summed E-state index contributed by atoms with van der Waals surface area (Å²) in [6.45, 7) is 10.4. The number of nitrogens with zero attached hydrogens (tertiary/aromatic N) is 4. The van der Waals surface area contributed by atoms with Crippen molar-refractivity contribution in [2.45, 2.75) is 46.2 Å². The first kappa shape index (κ1) is 20.3. The van der Waals surface area contributed by atoms with Crippen LogP contribution in [0.2, 0.25) is 0 Å². The molecule has 7 heteroatoms. The standard InChI is InChI=1S/C21H31N5O2/c1-16(2)9-11-25-12-10-19-23-24-21(26(19)14-13-25)17(3)22-20(27)15-28-18-7-5-4-6-8-18/h4-8,16-17H,9-15H2,1-3H3,(H,22,27)/t17-/m1/s1. The molecular formula is C21H31N5O2. The number of para-hydroxylation sites is 1. The molecule has 28 heavy (non-hydrogen) atoms. The van der Waals surface area contributed by atoms with E-state index in [0.717, 1.165) is 44.2 Å². The second-order valence-electron chi connectivity index (χ2n) is 7.79. The molecule has 1 aromatic heterocycles. The van der Waals surface area contributed by atoms with Crippen molar-refractivity contribution in [3.8, 4) is 5.75 Å². The van der Waals surface area contributed by atoms with E-state index < -0.39 is 0 Å². The predicted molar refractivity (Wildman–Crippen MR) is 108 cm³/mol. The molecule has 0 saturated carbocycles. The highest BCUT2D eigenvalue weighted by atomic mass is 16.5. The van der Waals surface area contributed by atoms with E-state index in [9.17, 15) is 4.79 Å². The Balaban J connectivity index is 1.53. The molecule has 0 aliphatic carbocycles. The summed E-state index contributed by atoms with van der Waals surface area (Å²) >= 11 is 0. The molecule has 1 N–H and O–H groups in total. The van der Waals surface area contributed by atoms with Crippen molar-refractivity contribution in [1.82, 2.24) is 25.0 Å². The minimum Gasteiger partial charge on any atom is -0.484 e. The molecule has 1 aliphatic rings. The molecule has 1 atom stereocenters. The lowest BCUT2D eigenvalue weighted by atomic mass is 10.1. The van der Waals surface area contributed by atoms with Crippen LogP contribution in [0.4, 0.5) is 0 Å². The van der Waals surface area contributed by atoms with Gasteiger partial charge in [0.25, 0.3) is 5.91 Å². The topological polar surface area (TPSA) is 72.3 Å². The van der Waals surface area contributed by atoms with Crippen molar-refractivity contribution < 1.29 is 9.53 Å². The number of carbonyl (C=O) groups excluding carboxylic acids is 1. The Kier molecular flexibility index (Phi) is 7.03. The van der Waals surface area contributed by atoms with E-state index in [-0.39, 0.29) is 18.6 Å². The molecule has 0 spiro atoms. The van der Waals surface area contributed by atoms with Crippen LogP contribution < -0.4 is 10.1 Å². The van der Waals surface area contributed by atoms with Crippen molar-refractivity contribution in [2.75, 3.05) is 26.2 Å². The van der Waals surface area contributed by atoms with Crippen LogP contribution in [-0.2, 0) is 17.8 Å². The third-order valence-electron chi connectivity index (χ3n) is 5.05. The van der Waals surface area contributed by atoms with Crippen LogP contribution in [0.15, 0.2) is 30.3 Å². The van der Waals surface area contributed by atoms with Gasteiger partial charge >= 0.3 is 0 Å². The number of ether oxygens (including phenoxy) is 1. The summed E-state index contributed by atoms with van der Waals surface area (Å²) in [6.07, 6.45) is 2.10. The number of hydrogen-bond acceptors (Lipinski definition) is 5. The van der Waals surface area contributed by atoms with Gasteiger partial charge < -0.3 is 19.5 Å². The molecule has 1 aliphatic heterocycles. The largest absolute Gasteiger partial charge is 0.484 e. The number of hydrogen-bond donors (Lipinski definition) is 1. The molecule has 1 aromatic carbocycles. The van der Waals surface area contributed by atoms with Crippen LogP contribution in [0.1, 0.15) is 44.9 Å². The maximum absolute atomic E-state index is 12.3. The Hall–Kier alpha value is -2.41. The second kappa shape index (κ2) is 9.68. The summed E-state index contributed by atoms with van der Waals surface area (Å²) in [7, 11) is 0. The van der Waals surface area contributed by atoms with E-state index in [0.29, 0.717) is 11.7 Å². The second-order valence-corrected chi connectivity index (χ2v) is 7.79. The van der Waals surface area contributed by atoms with Gasteiger partial charge in [0.15, 0.2) is 12.4 Å². The lowest BCUT2D eigenvalue weighted by Crippen LogP contribution is -2.33. The predicted octanol–water partition coefficient (Wildman–Crippen LogP) is 2.44. The van der Waals surface area contributed by atoms with Crippen LogP contribution >= 0.6 is 0 Å². The quantitative estimate of drug-likeness (QED) is 0.756. The molecule has 0 fully saturated rings. The SMILES string of the molecule is CC(C)CCN1CCc2nnc([C@@H](C)NC(=O)COc3ccccc3)n2CC1. The smallest absolute Gasteiger partial charge is 0.258 e. The van der Waals surface area contributed by atoms with E-state index in [1.807, 2.05) is 37.3 Å². The van der Waals surface area contributed by atoms with Gasteiger partial charge in [-0.2, -0.15) is 0 Å². The van der Waals surface area contributed by atoms with Crippen molar-refractivity contribution in [3.05, 3.63) is 42.0 Å². The number of nitrogens with one attached hydrogen (secondary N) is 1. The zero-order chi connectivity index (χ0) is 19.9. The summed E-state index contributed by atoms with van der Waals surface area (Å²) in [6, 6.07) is 9.13. The van der Waals surface area contributed by atoms with Gasteiger partial charge in [0, 0.05) is 26.1 Å². The van der Waals surface area contributed by atoms with Gasteiger partial charge in [-0.25, -0.2) is 0 Å². The Morgan fingerprint density at radius 2 is 1.93 bits per heavy atom. The fourth-order valence-electron chi connectivity index (χ4n) is 3.39. The highest BCUT2D eigenvalue weighted by Crippen LogP contribution is 2.16. The van der Waals surface area contributed by atoms with Gasteiger partial charge in [0.05, 0.1) is 6.04 Å². The number of rotatable bonds is 8. The van der Waals surface area contributed by atoms with Crippen LogP contribution in [0.5, 0.6) is 5.75 Å². The maximum Gasteiger partial charge on any atom is 0.258 e. The summed E-state index contributed by atoms with van der Waals surface area (Å²) in [5.74, 6) is 3.05. The summed E-state index contributed by atoms with van der Waals surface area (Å²) < 4.78 is 7.68. The van der Waals surface area contributed by atoms with Gasteiger partial charge in [-0.1, -0.05) is 32.0 Å². The Bertz CT molecular complexity index is 759. The van der Waals surface area contributed by atoms with Crippen molar-refractivity contribution in [3.63, 3.8) is 0 Å². The first-order valence-electron chi connectivity index (χ1n) is 10.1. The van der Waals surface area contributed by atoms with Crippen molar-refractivity contribution in [1.29, 1.82) is 0 Å². The maximum atomic E-state index is 12.3. The fraction of sp³-hybridized carbons (Fsp3) is 0.571. The highest BCUT2D eigenvalue weighted by Gasteiger charge is 2.22. The molecule has 1 amide bonds. The minimum absolute atomic E-state index is 0.0155. The Labute approximate surface area is 167 Å². The fourth-order valence-corrected chi connectivity index (χ4v) is 3.39. The monoisotopic (exact) mass is 385 g/mol. The van der Waals surface area contributed by atoms with Crippen molar-refractivity contribution >= 4 is 5.91 Å². The Morgan fingerprint density at radius 1 is 1.14 bits per heavy atom. The zero-order valence-corrected chi connectivity index (χ0v) is 17.1. The summed E-state index contributed by atoms with van der Waals surface area (Å²) in [5, 5.41) is 11.7. The van der Waals surface area contributed by atoms with Crippen LogP contribution in [0.3, 0.4) is 0 Å². The van der Waals surface area contributed by atoms with Gasteiger partial charge in [-0.05, 0) is 37.9 Å². The average Bonchev–Trinajstić information content (AvgIpc) is 2.99. The minimum atomic E-state index is -0.213. The van der Waals surface area contributed by atoms with E-state index in [1.54, 1.807) is 0 Å². The average molecular weight is 386 g/mol. The first-order valence-corrected chi connectivity index (χ1v) is 10.1. The van der Waals surface area contributed by atoms with Crippen LogP contribution in [-0.4, -0.2) is 51.8 Å². The van der Waals surface area contributed by atoms with Gasteiger partial charge in [-0.15, -0.1) is 10.2 Å². The lowest BCUT2D eigenvalue weighted by molar-refractivity contribution is -0.123. The molecule has 0 unspecified atom stereocenters. The highest BCUT2D eigenvalue weighted by molar-refractivity contribution is 5.77. The molecule has 2 aromatic rings.